The predicted octanol–water partition coefficient (Wildman–Crippen LogP) is 2.81. The summed E-state index contributed by atoms with van der Waals surface area (Å²) in [6.07, 6.45) is 0. The van der Waals surface area contributed by atoms with Gasteiger partial charge in [0.2, 0.25) is 0 Å². The molecule has 0 spiro atoms. The van der Waals surface area contributed by atoms with E-state index in [4.69, 9.17) is 16.3 Å². The molecule has 22 heavy (non-hydrogen) atoms. The smallest absolute Gasteiger partial charge is 0.273 e. The Morgan fingerprint density at radius 3 is 2.50 bits per heavy atom. The summed E-state index contributed by atoms with van der Waals surface area (Å²) in [4.78, 5) is 24.0. The molecule has 2 aromatic rings. The third kappa shape index (κ3) is 3.99. The Kier molecular flexibility index (Phi) is 5.38. The first-order valence-corrected chi connectivity index (χ1v) is 7.07. The summed E-state index contributed by atoms with van der Waals surface area (Å²) in [5.41, 5.74) is 5.39. The summed E-state index contributed by atoms with van der Waals surface area (Å²) in [5, 5.41) is 0.445. The van der Waals surface area contributed by atoms with Crippen molar-refractivity contribution in [3.8, 4) is 5.75 Å². The quantitative estimate of drug-likeness (QED) is 0.852. The van der Waals surface area contributed by atoms with Crippen LogP contribution in [-0.2, 0) is 0 Å². The van der Waals surface area contributed by atoms with Crippen LogP contribution in [-0.4, -0.2) is 18.4 Å². The molecule has 0 bridgehead atoms. The van der Waals surface area contributed by atoms with Gasteiger partial charge in [0.1, 0.15) is 5.75 Å². The van der Waals surface area contributed by atoms with Gasteiger partial charge >= 0.3 is 0 Å². The SMILES string of the molecule is CCOc1ccccc1C(=O)NNC(=O)c1cccc(Cl)c1. The highest BCUT2D eigenvalue weighted by atomic mass is 35.5. The van der Waals surface area contributed by atoms with Gasteiger partial charge in [0, 0.05) is 10.6 Å². The minimum atomic E-state index is -0.459. The first kappa shape index (κ1) is 15.9. The molecule has 0 unspecified atom stereocenters. The van der Waals surface area contributed by atoms with Crippen molar-refractivity contribution in [2.75, 3.05) is 6.61 Å². The maximum absolute atomic E-state index is 12.1. The molecule has 0 heterocycles. The third-order valence-electron chi connectivity index (χ3n) is 2.81. The minimum Gasteiger partial charge on any atom is -0.493 e. The van der Waals surface area contributed by atoms with Gasteiger partial charge in [0.25, 0.3) is 11.8 Å². The monoisotopic (exact) mass is 318 g/mol. The fourth-order valence-electron chi connectivity index (χ4n) is 1.82. The summed E-state index contributed by atoms with van der Waals surface area (Å²) >= 11 is 5.82. The van der Waals surface area contributed by atoms with E-state index in [1.807, 2.05) is 6.92 Å². The molecular formula is C16H15ClN2O3. The molecule has 0 aromatic heterocycles. The number of hydrazine groups is 1. The number of carbonyl (C=O) groups is 2. The first-order valence-electron chi connectivity index (χ1n) is 6.70. The zero-order valence-corrected chi connectivity index (χ0v) is 12.7. The normalized spacial score (nSPS) is 9.91. The number of nitrogens with one attached hydrogen (secondary N) is 2. The van der Waals surface area contributed by atoms with Crippen LogP contribution in [0.5, 0.6) is 5.75 Å². The summed E-state index contributed by atoms with van der Waals surface area (Å²) < 4.78 is 5.37. The van der Waals surface area contributed by atoms with Crippen LogP contribution in [0.15, 0.2) is 48.5 Å². The van der Waals surface area contributed by atoms with Gasteiger partial charge in [-0.1, -0.05) is 29.8 Å². The maximum Gasteiger partial charge on any atom is 0.273 e. The number of carbonyl (C=O) groups excluding carboxylic acids is 2. The molecule has 2 amide bonds. The lowest BCUT2D eigenvalue weighted by molar-refractivity contribution is 0.0844. The Bertz CT molecular complexity index is 689. The molecule has 0 aliphatic rings. The van der Waals surface area contributed by atoms with Crippen molar-refractivity contribution in [2.45, 2.75) is 6.92 Å². The van der Waals surface area contributed by atoms with E-state index in [0.717, 1.165) is 0 Å². The van der Waals surface area contributed by atoms with Gasteiger partial charge in [-0.25, -0.2) is 0 Å². The molecule has 0 atom stereocenters. The Balaban J connectivity index is 2.02. The molecule has 2 aromatic carbocycles. The number of ether oxygens (including phenoxy) is 1. The van der Waals surface area contributed by atoms with Gasteiger partial charge < -0.3 is 4.74 Å². The van der Waals surface area contributed by atoms with Gasteiger partial charge in [0.15, 0.2) is 0 Å². The topological polar surface area (TPSA) is 67.4 Å². The van der Waals surface area contributed by atoms with Gasteiger partial charge in [-0.3, -0.25) is 20.4 Å². The highest BCUT2D eigenvalue weighted by molar-refractivity contribution is 6.30. The van der Waals surface area contributed by atoms with Gasteiger partial charge in [-0.15, -0.1) is 0 Å². The molecule has 5 nitrogen and oxygen atoms in total. The molecule has 0 saturated carbocycles. The lowest BCUT2D eigenvalue weighted by Crippen LogP contribution is -2.41. The number of hydrogen-bond acceptors (Lipinski definition) is 3. The van der Waals surface area contributed by atoms with Crippen LogP contribution in [0.2, 0.25) is 5.02 Å². The zero-order chi connectivity index (χ0) is 15.9. The van der Waals surface area contributed by atoms with Crippen molar-refractivity contribution >= 4 is 23.4 Å². The number of halogens is 1. The van der Waals surface area contributed by atoms with Crippen LogP contribution in [0.3, 0.4) is 0 Å². The Morgan fingerprint density at radius 1 is 1.05 bits per heavy atom. The van der Waals surface area contributed by atoms with Crippen molar-refractivity contribution < 1.29 is 14.3 Å². The molecule has 2 N–H and O–H groups in total. The number of amides is 2. The van der Waals surface area contributed by atoms with E-state index >= 15 is 0 Å². The van der Waals surface area contributed by atoms with E-state index in [1.54, 1.807) is 42.5 Å². The third-order valence-corrected chi connectivity index (χ3v) is 3.04. The lowest BCUT2D eigenvalue weighted by Gasteiger charge is -2.11. The van der Waals surface area contributed by atoms with Crippen molar-refractivity contribution in [1.82, 2.24) is 10.9 Å². The summed E-state index contributed by atoms with van der Waals surface area (Å²) in [6.45, 7) is 2.27. The predicted molar refractivity (Wildman–Crippen MR) is 84.0 cm³/mol. The van der Waals surface area contributed by atoms with Crippen molar-refractivity contribution in [1.29, 1.82) is 0 Å². The van der Waals surface area contributed by atoms with Crippen molar-refractivity contribution in [3.05, 3.63) is 64.7 Å². The second-order valence-corrected chi connectivity index (χ2v) is 4.78. The Hall–Kier alpha value is -2.53. The largest absolute Gasteiger partial charge is 0.493 e. The fourth-order valence-corrected chi connectivity index (χ4v) is 2.01. The Morgan fingerprint density at radius 2 is 1.77 bits per heavy atom. The van der Waals surface area contributed by atoms with Gasteiger partial charge in [0.05, 0.1) is 12.2 Å². The van der Waals surface area contributed by atoms with Crippen LogP contribution in [0, 0.1) is 0 Å². The highest BCUT2D eigenvalue weighted by Crippen LogP contribution is 2.17. The standard InChI is InChI=1S/C16H15ClN2O3/c1-2-22-14-9-4-3-8-13(14)16(21)19-18-15(20)11-6-5-7-12(17)10-11/h3-10H,2H2,1H3,(H,18,20)(H,19,21). The van der Waals surface area contributed by atoms with Crippen molar-refractivity contribution in [2.24, 2.45) is 0 Å². The van der Waals surface area contributed by atoms with Crippen LogP contribution >= 0.6 is 11.6 Å². The molecule has 6 heteroatoms. The van der Waals surface area contributed by atoms with E-state index in [1.165, 1.54) is 6.07 Å². The molecule has 114 valence electrons. The average Bonchev–Trinajstić information content (AvgIpc) is 2.53. The molecule has 0 saturated heterocycles. The zero-order valence-electron chi connectivity index (χ0n) is 11.9. The van der Waals surface area contributed by atoms with E-state index in [-0.39, 0.29) is 0 Å². The molecule has 0 fully saturated rings. The van der Waals surface area contributed by atoms with E-state index in [0.29, 0.717) is 28.5 Å². The van der Waals surface area contributed by atoms with Crippen LogP contribution in [0.1, 0.15) is 27.6 Å². The van der Waals surface area contributed by atoms with Crippen molar-refractivity contribution in [3.63, 3.8) is 0 Å². The number of hydrogen-bond donors (Lipinski definition) is 2. The average molecular weight is 319 g/mol. The molecule has 0 aliphatic carbocycles. The summed E-state index contributed by atoms with van der Waals surface area (Å²) in [5.74, 6) is -0.455. The lowest BCUT2D eigenvalue weighted by atomic mass is 10.2. The summed E-state index contributed by atoms with van der Waals surface area (Å²) in [7, 11) is 0. The Labute approximate surface area is 133 Å². The summed E-state index contributed by atoms with van der Waals surface area (Å²) in [6, 6.07) is 13.2. The maximum atomic E-state index is 12.1. The van der Waals surface area contributed by atoms with E-state index in [9.17, 15) is 9.59 Å². The minimum absolute atomic E-state index is 0.343. The number of rotatable bonds is 4. The van der Waals surface area contributed by atoms with Crippen LogP contribution in [0.25, 0.3) is 0 Å². The van der Waals surface area contributed by atoms with Gasteiger partial charge in [-0.05, 0) is 37.3 Å². The van der Waals surface area contributed by atoms with Crippen LogP contribution < -0.4 is 15.6 Å². The molecular weight excluding hydrogens is 304 g/mol. The molecule has 0 radical (unpaired) electrons. The van der Waals surface area contributed by atoms with Gasteiger partial charge in [-0.2, -0.15) is 0 Å². The molecule has 0 aliphatic heterocycles. The fraction of sp³-hybridized carbons (Fsp3) is 0.125. The highest BCUT2D eigenvalue weighted by Gasteiger charge is 2.13. The number of benzene rings is 2. The van der Waals surface area contributed by atoms with E-state index < -0.39 is 11.8 Å². The van der Waals surface area contributed by atoms with Crippen LogP contribution in [0.4, 0.5) is 0 Å². The first-order chi connectivity index (χ1) is 10.6. The number of para-hydroxylation sites is 1. The molecule has 2 rings (SSSR count). The second kappa shape index (κ2) is 7.47. The van der Waals surface area contributed by atoms with E-state index in [2.05, 4.69) is 10.9 Å². The second-order valence-electron chi connectivity index (χ2n) is 4.35.